The summed E-state index contributed by atoms with van der Waals surface area (Å²) in [6, 6.07) is 7.17. The molecule has 27 heavy (non-hydrogen) atoms. The van der Waals surface area contributed by atoms with E-state index < -0.39 is 11.6 Å². The van der Waals surface area contributed by atoms with E-state index in [0.717, 1.165) is 11.3 Å². The molecule has 0 aromatic heterocycles. The van der Waals surface area contributed by atoms with Crippen molar-refractivity contribution in [1.29, 1.82) is 0 Å². The largest absolute Gasteiger partial charge is 0.340 e. The van der Waals surface area contributed by atoms with Gasteiger partial charge in [0.15, 0.2) is 0 Å². The van der Waals surface area contributed by atoms with Gasteiger partial charge in [0.25, 0.3) is 5.91 Å². The van der Waals surface area contributed by atoms with Crippen molar-refractivity contribution in [2.24, 2.45) is 5.92 Å². The molecule has 8 heteroatoms. The summed E-state index contributed by atoms with van der Waals surface area (Å²) in [5, 5.41) is 7.82. The lowest BCUT2D eigenvalue weighted by Crippen LogP contribution is -2.59. The Balaban J connectivity index is 1.36. The number of piperidine rings is 1. The number of anilines is 1. The number of nitrogens with one attached hydrogen (secondary N) is 3. The van der Waals surface area contributed by atoms with Gasteiger partial charge in [-0.05, 0) is 37.3 Å². The van der Waals surface area contributed by atoms with Gasteiger partial charge in [-0.25, -0.2) is 4.79 Å². The summed E-state index contributed by atoms with van der Waals surface area (Å²) >= 11 is 0. The topological polar surface area (TPSA) is 108 Å². The van der Waals surface area contributed by atoms with Gasteiger partial charge in [-0.1, -0.05) is 18.2 Å². The van der Waals surface area contributed by atoms with E-state index in [2.05, 4.69) is 16.0 Å². The minimum Gasteiger partial charge on any atom is -0.340 e. The third kappa shape index (κ3) is 3.27. The van der Waals surface area contributed by atoms with Crippen LogP contribution in [-0.4, -0.2) is 47.3 Å². The zero-order valence-electron chi connectivity index (χ0n) is 14.9. The molecular weight excluding hydrogens is 348 g/mol. The summed E-state index contributed by atoms with van der Waals surface area (Å²) in [4.78, 5) is 50.2. The molecule has 5 amide bonds. The third-order valence-corrected chi connectivity index (χ3v) is 5.68. The minimum absolute atomic E-state index is 0.0564. The van der Waals surface area contributed by atoms with Crippen LogP contribution in [0, 0.1) is 5.92 Å². The van der Waals surface area contributed by atoms with Crippen molar-refractivity contribution in [2.75, 3.05) is 18.4 Å². The maximum absolute atomic E-state index is 12.7. The van der Waals surface area contributed by atoms with Gasteiger partial charge in [-0.2, -0.15) is 0 Å². The van der Waals surface area contributed by atoms with Crippen molar-refractivity contribution < 1.29 is 19.2 Å². The molecule has 2 atom stereocenters. The fraction of sp³-hybridized carbons (Fsp3) is 0.474. The van der Waals surface area contributed by atoms with E-state index in [9.17, 15) is 19.2 Å². The fourth-order valence-corrected chi connectivity index (χ4v) is 4.19. The number of carbonyl (C=O) groups excluding carboxylic acids is 4. The van der Waals surface area contributed by atoms with Crippen LogP contribution in [0.4, 0.5) is 10.5 Å². The van der Waals surface area contributed by atoms with Gasteiger partial charge >= 0.3 is 6.03 Å². The van der Waals surface area contributed by atoms with Gasteiger partial charge in [0.05, 0.1) is 6.54 Å². The second-order valence-corrected chi connectivity index (χ2v) is 7.50. The molecule has 2 fully saturated rings. The normalized spacial score (nSPS) is 27.0. The highest BCUT2D eigenvalue weighted by Gasteiger charge is 2.49. The molecule has 0 saturated carbocycles. The van der Waals surface area contributed by atoms with E-state index in [0.29, 0.717) is 32.2 Å². The Kier molecular flexibility index (Phi) is 4.33. The average Bonchev–Trinajstić information content (AvgIpc) is 2.92. The van der Waals surface area contributed by atoms with Crippen molar-refractivity contribution in [3.63, 3.8) is 0 Å². The van der Waals surface area contributed by atoms with Crippen LogP contribution in [0.15, 0.2) is 24.3 Å². The number of urea groups is 1. The number of para-hydroxylation sites is 1. The Morgan fingerprint density at radius 2 is 2.00 bits per heavy atom. The first kappa shape index (κ1) is 17.5. The quantitative estimate of drug-likeness (QED) is 0.683. The first-order valence-corrected chi connectivity index (χ1v) is 9.27. The summed E-state index contributed by atoms with van der Waals surface area (Å²) in [7, 11) is 0. The summed E-state index contributed by atoms with van der Waals surface area (Å²) in [5.41, 5.74) is 0.912. The van der Waals surface area contributed by atoms with Crippen molar-refractivity contribution in [1.82, 2.24) is 15.5 Å². The van der Waals surface area contributed by atoms with Crippen LogP contribution >= 0.6 is 0 Å². The number of carbonyl (C=O) groups is 4. The standard InChI is InChI=1S/C19H22N4O4/c24-15(23-9-3-8-19(11-23)17(26)21-18(27)22-19)7-6-13-10-12-4-1-2-5-14(12)20-16(13)25/h1-2,4-5,13H,3,6-11H2,(H,20,25)(H2,21,22,26,27). The van der Waals surface area contributed by atoms with Gasteiger partial charge in [-0.3, -0.25) is 19.7 Å². The van der Waals surface area contributed by atoms with E-state index in [1.165, 1.54) is 0 Å². The van der Waals surface area contributed by atoms with Crippen LogP contribution in [0.2, 0.25) is 0 Å². The Morgan fingerprint density at radius 3 is 2.78 bits per heavy atom. The summed E-state index contributed by atoms with van der Waals surface area (Å²) in [5.74, 6) is -0.751. The molecule has 0 aliphatic carbocycles. The highest BCUT2D eigenvalue weighted by atomic mass is 16.2. The molecule has 8 nitrogen and oxygen atoms in total. The van der Waals surface area contributed by atoms with Gasteiger partial charge < -0.3 is 15.5 Å². The Labute approximate surface area is 156 Å². The molecule has 1 aromatic rings. The number of amides is 5. The molecule has 0 bridgehead atoms. The monoisotopic (exact) mass is 370 g/mol. The highest BCUT2D eigenvalue weighted by molar-refractivity contribution is 6.07. The summed E-state index contributed by atoms with van der Waals surface area (Å²) in [6.07, 6.45) is 2.50. The predicted octanol–water partition coefficient (Wildman–Crippen LogP) is 0.778. The first-order valence-electron chi connectivity index (χ1n) is 9.27. The van der Waals surface area contributed by atoms with Gasteiger partial charge in [-0.15, -0.1) is 0 Å². The van der Waals surface area contributed by atoms with E-state index in [4.69, 9.17) is 0 Å². The van der Waals surface area contributed by atoms with Crippen molar-refractivity contribution in [3.8, 4) is 0 Å². The van der Waals surface area contributed by atoms with Gasteiger partial charge in [0, 0.05) is 24.6 Å². The third-order valence-electron chi connectivity index (χ3n) is 5.68. The van der Waals surface area contributed by atoms with E-state index in [-0.39, 0.29) is 36.6 Å². The lowest BCUT2D eigenvalue weighted by atomic mass is 9.87. The average molecular weight is 370 g/mol. The lowest BCUT2D eigenvalue weighted by molar-refractivity contribution is -0.136. The smallest absolute Gasteiger partial charge is 0.322 e. The van der Waals surface area contributed by atoms with Crippen LogP contribution < -0.4 is 16.0 Å². The molecule has 2 saturated heterocycles. The molecule has 1 spiro atoms. The van der Waals surface area contributed by atoms with Crippen LogP contribution in [0.3, 0.4) is 0 Å². The molecule has 4 rings (SSSR count). The maximum atomic E-state index is 12.7. The Hall–Kier alpha value is -2.90. The lowest BCUT2D eigenvalue weighted by Gasteiger charge is -2.38. The van der Waals surface area contributed by atoms with Crippen molar-refractivity contribution in [3.05, 3.63) is 29.8 Å². The number of imide groups is 1. The molecule has 3 N–H and O–H groups in total. The van der Waals surface area contributed by atoms with Gasteiger partial charge in [0.1, 0.15) is 5.54 Å². The Bertz CT molecular complexity index is 824. The molecule has 2 unspecified atom stereocenters. The number of rotatable bonds is 3. The highest BCUT2D eigenvalue weighted by Crippen LogP contribution is 2.29. The fourth-order valence-electron chi connectivity index (χ4n) is 4.19. The molecule has 3 aliphatic heterocycles. The van der Waals surface area contributed by atoms with E-state index in [1.807, 2.05) is 24.3 Å². The van der Waals surface area contributed by atoms with E-state index >= 15 is 0 Å². The molecular formula is C19H22N4O4. The summed E-state index contributed by atoms with van der Waals surface area (Å²) < 4.78 is 0. The first-order chi connectivity index (χ1) is 13.0. The summed E-state index contributed by atoms with van der Waals surface area (Å²) in [6.45, 7) is 0.743. The molecule has 1 aromatic carbocycles. The minimum atomic E-state index is -1.01. The molecule has 3 heterocycles. The molecule has 0 radical (unpaired) electrons. The number of nitrogens with zero attached hydrogens (tertiary/aromatic N) is 1. The zero-order valence-corrected chi connectivity index (χ0v) is 14.9. The zero-order chi connectivity index (χ0) is 19.0. The predicted molar refractivity (Wildman–Crippen MR) is 96.7 cm³/mol. The molecule has 142 valence electrons. The Morgan fingerprint density at radius 1 is 1.19 bits per heavy atom. The van der Waals surface area contributed by atoms with Crippen LogP contribution in [0.5, 0.6) is 0 Å². The van der Waals surface area contributed by atoms with Crippen LogP contribution in [0.1, 0.15) is 31.2 Å². The second-order valence-electron chi connectivity index (χ2n) is 7.50. The SMILES string of the molecule is O=C1NC(=O)C2(CCCN(C(=O)CCC3Cc4ccccc4NC3=O)C2)N1. The van der Waals surface area contributed by atoms with Crippen molar-refractivity contribution in [2.45, 2.75) is 37.6 Å². The van der Waals surface area contributed by atoms with Crippen LogP contribution in [-0.2, 0) is 20.8 Å². The number of hydrogen-bond donors (Lipinski definition) is 3. The van der Waals surface area contributed by atoms with Crippen LogP contribution in [0.25, 0.3) is 0 Å². The van der Waals surface area contributed by atoms with E-state index in [1.54, 1.807) is 4.90 Å². The number of likely N-dealkylation sites (tertiary alicyclic amines) is 1. The maximum Gasteiger partial charge on any atom is 0.322 e. The number of fused-ring (bicyclic) bond motifs is 1. The second kappa shape index (κ2) is 6.68. The van der Waals surface area contributed by atoms with Gasteiger partial charge in [0.2, 0.25) is 11.8 Å². The number of hydrogen-bond acceptors (Lipinski definition) is 4. The molecule has 3 aliphatic rings. The van der Waals surface area contributed by atoms with Crippen molar-refractivity contribution >= 4 is 29.4 Å². The number of benzene rings is 1.